The van der Waals surface area contributed by atoms with Crippen LogP contribution in [0.25, 0.3) is 10.8 Å². The second kappa shape index (κ2) is 7.87. The largest absolute Gasteiger partial charge is 0.497 e. The van der Waals surface area contributed by atoms with Gasteiger partial charge >= 0.3 is 0 Å². The van der Waals surface area contributed by atoms with Gasteiger partial charge in [0.25, 0.3) is 5.91 Å². The summed E-state index contributed by atoms with van der Waals surface area (Å²) in [5.74, 6) is 0.687. The second-order valence-corrected chi connectivity index (χ2v) is 5.98. The molecule has 1 N–H and O–H groups in total. The van der Waals surface area contributed by atoms with Crippen molar-refractivity contribution in [2.75, 3.05) is 7.11 Å². The molecule has 3 aromatic carbocycles. The van der Waals surface area contributed by atoms with Crippen molar-refractivity contribution in [2.24, 2.45) is 0 Å². The predicted molar refractivity (Wildman–Crippen MR) is 98.8 cm³/mol. The summed E-state index contributed by atoms with van der Waals surface area (Å²) in [4.78, 5) is 12.2. The molecule has 0 aliphatic rings. The summed E-state index contributed by atoms with van der Waals surface area (Å²) in [6, 6.07) is 17.4. The van der Waals surface area contributed by atoms with Gasteiger partial charge in [-0.2, -0.15) is 0 Å². The summed E-state index contributed by atoms with van der Waals surface area (Å²) in [5, 5.41) is 5.01. The molecule has 4 nitrogen and oxygen atoms in total. The lowest BCUT2D eigenvalue weighted by atomic mass is 10.1. The summed E-state index contributed by atoms with van der Waals surface area (Å²) < 4.78 is 23.6. The summed E-state index contributed by atoms with van der Waals surface area (Å²) in [6.07, 6.45) is -0.676. The fourth-order valence-electron chi connectivity index (χ4n) is 2.61. The van der Waals surface area contributed by atoms with Crippen LogP contribution in [0.4, 0.5) is 4.39 Å². The number of benzene rings is 3. The smallest absolute Gasteiger partial charge is 0.261 e. The van der Waals surface area contributed by atoms with Crippen molar-refractivity contribution in [3.05, 3.63) is 72.0 Å². The molecule has 0 saturated carbocycles. The van der Waals surface area contributed by atoms with Gasteiger partial charge in [-0.15, -0.1) is 0 Å². The number of ether oxygens (including phenoxy) is 2. The molecule has 0 fully saturated rings. The molecule has 0 aliphatic heterocycles. The zero-order valence-electron chi connectivity index (χ0n) is 14.7. The average Bonchev–Trinajstić information content (AvgIpc) is 2.67. The highest BCUT2D eigenvalue weighted by Crippen LogP contribution is 2.22. The molecule has 0 heterocycles. The molecule has 0 aromatic heterocycles. The third kappa shape index (κ3) is 4.30. The van der Waals surface area contributed by atoms with Crippen molar-refractivity contribution in [3.63, 3.8) is 0 Å². The number of hydrogen-bond acceptors (Lipinski definition) is 3. The summed E-state index contributed by atoms with van der Waals surface area (Å²) in [7, 11) is 1.64. The van der Waals surface area contributed by atoms with E-state index in [0.717, 1.165) is 22.1 Å². The van der Waals surface area contributed by atoms with Crippen LogP contribution in [0, 0.1) is 5.82 Å². The van der Waals surface area contributed by atoms with Crippen molar-refractivity contribution >= 4 is 16.7 Å². The van der Waals surface area contributed by atoms with Crippen molar-refractivity contribution in [3.8, 4) is 11.5 Å². The Morgan fingerprint density at radius 1 is 1.00 bits per heavy atom. The van der Waals surface area contributed by atoms with Crippen LogP contribution >= 0.6 is 0 Å². The van der Waals surface area contributed by atoms with E-state index in [4.69, 9.17) is 9.47 Å². The van der Waals surface area contributed by atoms with Crippen molar-refractivity contribution in [1.82, 2.24) is 5.32 Å². The standard InChI is InChI=1S/C21H20FNO3/c1-14(26-19-9-6-18(22)7-10-19)21(24)23-13-15-3-4-17-12-20(25-2)8-5-16(17)11-15/h3-12,14H,13H2,1-2H3,(H,23,24). The van der Waals surface area contributed by atoms with Gasteiger partial charge in [0.1, 0.15) is 17.3 Å². The topological polar surface area (TPSA) is 47.6 Å². The quantitative estimate of drug-likeness (QED) is 0.727. The molecular weight excluding hydrogens is 333 g/mol. The Hall–Kier alpha value is -3.08. The van der Waals surface area contributed by atoms with Gasteiger partial charge in [-0.3, -0.25) is 4.79 Å². The van der Waals surface area contributed by atoms with Crippen LogP contribution in [-0.4, -0.2) is 19.1 Å². The minimum absolute atomic E-state index is 0.232. The van der Waals surface area contributed by atoms with E-state index < -0.39 is 6.10 Å². The first-order valence-electron chi connectivity index (χ1n) is 8.32. The number of rotatable bonds is 6. The molecule has 3 aromatic rings. The van der Waals surface area contributed by atoms with Gasteiger partial charge in [-0.05, 0) is 65.7 Å². The molecule has 0 bridgehead atoms. The molecule has 0 spiro atoms. The predicted octanol–water partition coefficient (Wildman–Crippen LogP) is 4.07. The van der Waals surface area contributed by atoms with Gasteiger partial charge in [0.05, 0.1) is 7.11 Å². The van der Waals surface area contributed by atoms with Crippen LogP contribution in [0.1, 0.15) is 12.5 Å². The van der Waals surface area contributed by atoms with Gasteiger partial charge in [-0.25, -0.2) is 4.39 Å². The average molecular weight is 353 g/mol. The number of fused-ring (bicyclic) bond motifs is 1. The Bertz CT molecular complexity index is 909. The van der Waals surface area contributed by atoms with Crippen LogP contribution in [0.5, 0.6) is 11.5 Å². The molecule has 3 rings (SSSR count). The highest BCUT2D eigenvalue weighted by Gasteiger charge is 2.14. The lowest BCUT2D eigenvalue weighted by Gasteiger charge is -2.15. The van der Waals surface area contributed by atoms with Crippen molar-refractivity contribution in [1.29, 1.82) is 0 Å². The third-order valence-electron chi connectivity index (χ3n) is 4.07. The number of hydrogen-bond donors (Lipinski definition) is 1. The van der Waals surface area contributed by atoms with Gasteiger partial charge in [-0.1, -0.05) is 18.2 Å². The van der Waals surface area contributed by atoms with E-state index in [-0.39, 0.29) is 11.7 Å². The molecule has 1 atom stereocenters. The van der Waals surface area contributed by atoms with Crippen molar-refractivity contribution in [2.45, 2.75) is 19.6 Å². The first kappa shape index (κ1) is 17.7. The van der Waals surface area contributed by atoms with E-state index in [1.807, 2.05) is 36.4 Å². The zero-order valence-corrected chi connectivity index (χ0v) is 14.7. The fourth-order valence-corrected chi connectivity index (χ4v) is 2.61. The zero-order chi connectivity index (χ0) is 18.5. The van der Waals surface area contributed by atoms with Gasteiger partial charge in [0.2, 0.25) is 0 Å². The number of nitrogens with one attached hydrogen (secondary N) is 1. The molecule has 5 heteroatoms. The minimum Gasteiger partial charge on any atom is -0.497 e. The molecule has 26 heavy (non-hydrogen) atoms. The Kier molecular flexibility index (Phi) is 5.37. The monoisotopic (exact) mass is 353 g/mol. The van der Waals surface area contributed by atoms with Gasteiger partial charge < -0.3 is 14.8 Å². The van der Waals surface area contributed by atoms with E-state index in [2.05, 4.69) is 5.32 Å². The normalized spacial score (nSPS) is 11.8. The van der Waals surface area contributed by atoms with Crippen LogP contribution in [-0.2, 0) is 11.3 Å². The summed E-state index contributed by atoms with van der Waals surface area (Å²) in [5.41, 5.74) is 0.991. The van der Waals surface area contributed by atoms with E-state index >= 15 is 0 Å². The Morgan fingerprint density at radius 2 is 1.65 bits per heavy atom. The number of carbonyl (C=O) groups excluding carboxylic acids is 1. The van der Waals surface area contributed by atoms with E-state index in [9.17, 15) is 9.18 Å². The Labute approximate surface area is 151 Å². The number of carbonyl (C=O) groups is 1. The Morgan fingerprint density at radius 3 is 2.38 bits per heavy atom. The summed E-state index contributed by atoms with van der Waals surface area (Å²) >= 11 is 0. The second-order valence-electron chi connectivity index (χ2n) is 5.98. The van der Waals surface area contributed by atoms with E-state index in [1.165, 1.54) is 24.3 Å². The maximum atomic E-state index is 12.9. The Balaban J connectivity index is 1.59. The molecular formula is C21H20FNO3. The van der Waals surface area contributed by atoms with Gasteiger partial charge in [0, 0.05) is 6.54 Å². The van der Waals surface area contributed by atoms with Crippen LogP contribution in [0.2, 0.25) is 0 Å². The minimum atomic E-state index is -0.676. The molecule has 1 amide bonds. The first-order valence-corrected chi connectivity index (χ1v) is 8.32. The van der Waals surface area contributed by atoms with E-state index in [1.54, 1.807) is 14.0 Å². The van der Waals surface area contributed by atoms with Crippen LogP contribution in [0.15, 0.2) is 60.7 Å². The number of methoxy groups -OCH3 is 1. The maximum Gasteiger partial charge on any atom is 0.261 e. The maximum absolute atomic E-state index is 12.9. The molecule has 0 radical (unpaired) electrons. The lowest BCUT2D eigenvalue weighted by Crippen LogP contribution is -2.35. The lowest BCUT2D eigenvalue weighted by molar-refractivity contribution is -0.127. The highest BCUT2D eigenvalue weighted by molar-refractivity contribution is 5.85. The molecule has 0 saturated heterocycles. The van der Waals surface area contributed by atoms with Crippen molar-refractivity contribution < 1.29 is 18.7 Å². The summed E-state index contributed by atoms with van der Waals surface area (Å²) in [6.45, 7) is 2.06. The molecule has 134 valence electrons. The third-order valence-corrected chi connectivity index (χ3v) is 4.07. The van der Waals surface area contributed by atoms with Crippen LogP contribution < -0.4 is 14.8 Å². The van der Waals surface area contributed by atoms with Gasteiger partial charge in [0.15, 0.2) is 6.10 Å². The first-order chi connectivity index (χ1) is 12.5. The fraction of sp³-hybridized carbons (Fsp3) is 0.190. The van der Waals surface area contributed by atoms with E-state index in [0.29, 0.717) is 12.3 Å². The van der Waals surface area contributed by atoms with Crippen LogP contribution in [0.3, 0.4) is 0 Å². The highest BCUT2D eigenvalue weighted by atomic mass is 19.1. The molecule has 0 aliphatic carbocycles. The number of halogens is 1. The SMILES string of the molecule is COc1ccc2cc(CNC(=O)C(C)Oc3ccc(F)cc3)ccc2c1. The molecule has 1 unspecified atom stereocenters. The number of amides is 1.